The van der Waals surface area contributed by atoms with Crippen molar-refractivity contribution in [2.75, 3.05) is 11.1 Å². The molecule has 3 N–H and O–H groups in total. The van der Waals surface area contributed by atoms with E-state index in [9.17, 15) is 14.7 Å². The first-order valence-corrected chi connectivity index (χ1v) is 13.1. The molecule has 1 amide bonds. The summed E-state index contributed by atoms with van der Waals surface area (Å²) < 4.78 is 12.7. The van der Waals surface area contributed by atoms with E-state index in [1.54, 1.807) is 24.0 Å². The van der Waals surface area contributed by atoms with E-state index >= 15 is 0 Å². The number of carboxylic acid groups (broad SMARTS) is 1. The molecule has 2 heterocycles. The molecule has 1 aromatic heterocycles. The van der Waals surface area contributed by atoms with Crippen molar-refractivity contribution in [3.63, 3.8) is 0 Å². The lowest BCUT2D eigenvalue weighted by Gasteiger charge is -2.36. The number of carbonyl (C=O) groups excluding carboxylic acids is 1. The quantitative estimate of drug-likeness (QED) is 0.298. The van der Waals surface area contributed by atoms with Crippen molar-refractivity contribution in [1.29, 1.82) is 0 Å². The van der Waals surface area contributed by atoms with E-state index in [1.807, 2.05) is 60.7 Å². The number of hydrogen-bond donors (Lipinski definition) is 3. The number of aliphatic hydroxyl groups excluding tert-OH is 1. The van der Waals surface area contributed by atoms with Gasteiger partial charge in [0.1, 0.15) is 0 Å². The molecule has 3 atom stereocenters. The van der Waals surface area contributed by atoms with Crippen molar-refractivity contribution in [3.05, 3.63) is 89.6 Å². The number of rotatable bonds is 11. The molecule has 1 fully saturated rings. The maximum absolute atomic E-state index is 12.2. The predicted molar refractivity (Wildman–Crippen MR) is 140 cm³/mol. The summed E-state index contributed by atoms with van der Waals surface area (Å²) in [6.07, 6.45) is 1.83. The van der Waals surface area contributed by atoms with Gasteiger partial charge >= 0.3 is 5.97 Å². The van der Waals surface area contributed by atoms with Crippen molar-refractivity contribution in [1.82, 2.24) is 4.98 Å². The normalized spacial score (nSPS) is 19.3. The molecular formula is C28H30N2O6S. The summed E-state index contributed by atoms with van der Waals surface area (Å²) in [6.45, 7) is -0.0182. The second-order valence-corrected chi connectivity index (χ2v) is 9.79. The van der Waals surface area contributed by atoms with Crippen LogP contribution in [0.4, 0.5) is 5.69 Å². The van der Waals surface area contributed by atoms with Crippen LogP contribution in [-0.2, 0) is 25.7 Å². The van der Waals surface area contributed by atoms with Gasteiger partial charge in [0, 0.05) is 42.5 Å². The lowest BCUT2D eigenvalue weighted by atomic mass is 10.0. The number of aliphatic carboxylic acids is 1. The SMILES string of the molecule is O=C(O)CCCC(=O)Nc1cccc([C@@H]2O[C@H](CSc3ccccn3)C[C@H](c3ccc(CO)cc3)O2)c1. The molecule has 9 heteroatoms. The number of aliphatic hydroxyl groups is 1. The molecule has 1 aliphatic rings. The van der Waals surface area contributed by atoms with Gasteiger partial charge in [-0.2, -0.15) is 0 Å². The Kier molecular flexibility index (Phi) is 9.67. The van der Waals surface area contributed by atoms with E-state index < -0.39 is 12.3 Å². The van der Waals surface area contributed by atoms with Gasteiger partial charge in [-0.15, -0.1) is 11.8 Å². The Morgan fingerprint density at radius 2 is 1.84 bits per heavy atom. The lowest BCUT2D eigenvalue weighted by Crippen LogP contribution is -2.31. The molecule has 1 aliphatic heterocycles. The van der Waals surface area contributed by atoms with Gasteiger partial charge in [-0.05, 0) is 41.8 Å². The molecule has 0 spiro atoms. The van der Waals surface area contributed by atoms with Gasteiger partial charge in [0.2, 0.25) is 5.91 Å². The van der Waals surface area contributed by atoms with Crippen molar-refractivity contribution < 1.29 is 29.3 Å². The number of ether oxygens (including phenoxy) is 2. The fourth-order valence-corrected chi connectivity index (χ4v) is 4.90. The zero-order chi connectivity index (χ0) is 26.0. The monoisotopic (exact) mass is 522 g/mol. The Morgan fingerprint density at radius 3 is 2.57 bits per heavy atom. The molecule has 8 nitrogen and oxygen atoms in total. The van der Waals surface area contributed by atoms with Crippen LogP contribution in [0, 0.1) is 0 Å². The molecule has 0 unspecified atom stereocenters. The highest BCUT2D eigenvalue weighted by Crippen LogP contribution is 2.39. The summed E-state index contributed by atoms with van der Waals surface area (Å²) in [6, 6.07) is 20.8. The van der Waals surface area contributed by atoms with Gasteiger partial charge in [0.05, 0.1) is 23.8 Å². The standard InChI is InChI=1S/C28H30N2O6S/c31-17-19-10-12-20(13-11-19)24-16-23(18-37-26-8-1-2-14-29-26)35-28(36-24)21-5-3-6-22(15-21)30-25(32)7-4-9-27(33)34/h1-3,5-6,8,10-15,23-24,28,31H,4,7,9,16-18H2,(H,30,32)(H,33,34)/t23-,24+,28+/m0/s1. The maximum atomic E-state index is 12.2. The number of nitrogens with one attached hydrogen (secondary N) is 1. The first-order chi connectivity index (χ1) is 18.0. The second kappa shape index (κ2) is 13.3. The Balaban J connectivity index is 1.48. The minimum Gasteiger partial charge on any atom is -0.481 e. The molecule has 0 aliphatic carbocycles. The molecule has 4 rings (SSSR count). The van der Waals surface area contributed by atoms with Crippen LogP contribution in [0.25, 0.3) is 0 Å². The number of thioether (sulfide) groups is 1. The Bertz CT molecular complexity index is 1170. The maximum Gasteiger partial charge on any atom is 0.303 e. The lowest BCUT2D eigenvalue weighted by molar-refractivity contribution is -0.245. The van der Waals surface area contributed by atoms with Gasteiger partial charge in [0.15, 0.2) is 6.29 Å². The largest absolute Gasteiger partial charge is 0.481 e. The Hall–Kier alpha value is -3.24. The van der Waals surface area contributed by atoms with Crippen LogP contribution in [0.5, 0.6) is 0 Å². The van der Waals surface area contributed by atoms with Crippen LogP contribution in [0.3, 0.4) is 0 Å². The molecular weight excluding hydrogens is 492 g/mol. The van der Waals surface area contributed by atoms with Crippen molar-refractivity contribution >= 4 is 29.3 Å². The summed E-state index contributed by atoms with van der Waals surface area (Å²) in [5, 5.41) is 21.9. The van der Waals surface area contributed by atoms with Crippen LogP contribution >= 0.6 is 11.8 Å². The number of carboxylic acids is 1. The summed E-state index contributed by atoms with van der Waals surface area (Å²) >= 11 is 1.63. The van der Waals surface area contributed by atoms with E-state index in [2.05, 4.69) is 10.3 Å². The van der Waals surface area contributed by atoms with Gasteiger partial charge in [-0.25, -0.2) is 4.98 Å². The van der Waals surface area contributed by atoms with Crippen LogP contribution < -0.4 is 5.32 Å². The summed E-state index contributed by atoms with van der Waals surface area (Å²) in [5.74, 6) is -0.463. The highest BCUT2D eigenvalue weighted by atomic mass is 32.2. The smallest absolute Gasteiger partial charge is 0.303 e. The van der Waals surface area contributed by atoms with Crippen LogP contribution in [0.2, 0.25) is 0 Å². The molecule has 37 heavy (non-hydrogen) atoms. The average Bonchev–Trinajstić information content (AvgIpc) is 2.92. The summed E-state index contributed by atoms with van der Waals surface area (Å²) in [5.41, 5.74) is 3.20. The third-order valence-electron chi connectivity index (χ3n) is 5.91. The van der Waals surface area contributed by atoms with E-state index in [1.165, 1.54) is 0 Å². The van der Waals surface area contributed by atoms with Gasteiger partial charge in [0.25, 0.3) is 0 Å². The molecule has 0 radical (unpaired) electrons. The topological polar surface area (TPSA) is 118 Å². The number of aromatic nitrogens is 1. The molecule has 3 aromatic rings. The zero-order valence-corrected chi connectivity index (χ0v) is 21.1. The van der Waals surface area contributed by atoms with Crippen molar-refractivity contribution in [2.24, 2.45) is 0 Å². The fourth-order valence-electron chi connectivity index (χ4n) is 4.02. The van der Waals surface area contributed by atoms with Gasteiger partial charge in [-0.3, -0.25) is 9.59 Å². The second-order valence-electron chi connectivity index (χ2n) is 8.75. The summed E-state index contributed by atoms with van der Waals surface area (Å²) in [4.78, 5) is 27.3. The fraction of sp³-hybridized carbons (Fsp3) is 0.321. The third kappa shape index (κ3) is 8.13. The van der Waals surface area contributed by atoms with Crippen LogP contribution in [0.15, 0.2) is 78.0 Å². The number of pyridine rings is 1. The molecule has 0 bridgehead atoms. The van der Waals surface area contributed by atoms with Gasteiger partial charge < -0.3 is 25.0 Å². The molecule has 194 valence electrons. The predicted octanol–water partition coefficient (Wildman–Crippen LogP) is 5.11. The van der Waals surface area contributed by atoms with Crippen LogP contribution in [-0.4, -0.2) is 38.9 Å². The Morgan fingerprint density at radius 1 is 1.00 bits per heavy atom. The number of benzene rings is 2. The molecule has 0 saturated carbocycles. The number of carbonyl (C=O) groups is 2. The highest BCUT2D eigenvalue weighted by Gasteiger charge is 2.32. The number of amides is 1. The van der Waals surface area contributed by atoms with E-state index in [0.717, 1.165) is 21.7 Å². The first kappa shape index (κ1) is 26.8. The number of anilines is 1. The van der Waals surface area contributed by atoms with E-state index in [-0.39, 0.29) is 44.0 Å². The number of hydrogen-bond acceptors (Lipinski definition) is 7. The minimum atomic E-state index is -0.919. The van der Waals surface area contributed by atoms with E-state index in [0.29, 0.717) is 17.9 Å². The highest BCUT2D eigenvalue weighted by molar-refractivity contribution is 7.99. The zero-order valence-electron chi connectivity index (χ0n) is 20.3. The van der Waals surface area contributed by atoms with E-state index in [4.69, 9.17) is 14.6 Å². The molecule has 1 saturated heterocycles. The first-order valence-electron chi connectivity index (χ1n) is 12.2. The van der Waals surface area contributed by atoms with Crippen LogP contribution in [0.1, 0.15) is 54.8 Å². The Labute approximate surface area is 220 Å². The molecule has 2 aromatic carbocycles. The van der Waals surface area contributed by atoms with Crippen molar-refractivity contribution in [3.8, 4) is 0 Å². The summed E-state index contributed by atoms with van der Waals surface area (Å²) in [7, 11) is 0. The van der Waals surface area contributed by atoms with Crippen molar-refractivity contribution in [2.45, 2.75) is 55.8 Å². The number of nitrogens with zero attached hydrogens (tertiary/aromatic N) is 1. The van der Waals surface area contributed by atoms with Gasteiger partial charge in [-0.1, -0.05) is 42.5 Å². The average molecular weight is 523 g/mol. The third-order valence-corrected chi connectivity index (χ3v) is 6.98. The minimum absolute atomic E-state index is 0.0182.